The Morgan fingerprint density at radius 1 is 0.871 bits per heavy atom. The highest BCUT2D eigenvalue weighted by atomic mass is 32.2. The molecule has 0 bridgehead atoms. The van der Waals surface area contributed by atoms with Crippen LogP contribution in [0.2, 0.25) is 0 Å². The van der Waals surface area contributed by atoms with Crippen molar-refractivity contribution in [2.45, 2.75) is 6.92 Å². The zero-order chi connectivity index (χ0) is 21.6. The molecule has 6 nitrogen and oxygen atoms in total. The molecule has 0 saturated heterocycles. The molecule has 1 aromatic heterocycles. The molecule has 1 heterocycles. The minimum atomic E-state index is -0.158. The number of benzene rings is 3. The molecule has 0 spiro atoms. The molecule has 0 aliphatic carbocycles. The van der Waals surface area contributed by atoms with Crippen LogP contribution >= 0.6 is 11.8 Å². The number of aryl methyl sites for hydroxylation is 1. The van der Waals surface area contributed by atoms with E-state index in [-0.39, 0.29) is 23.3 Å². The predicted octanol–water partition coefficient (Wildman–Crippen LogP) is 4.85. The number of nitrogens with one attached hydrogen (secondary N) is 3. The number of nitrogens with zero attached hydrogens (tertiary/aromatic N) is 1. The third kappa shape index (κ3) is 5.52. The van der Waals surface area contributed by atoms with Gasteiger partial charge in [0.15, 0.2) is 0 Å². The molecule has 4 rings (SSSR count). The van der Waals surface area contributed by atoms with Crippen molar-refractivity contribution in [2.24, 2.45) is 0 Å². The highest BCUT2D eigenvalue weighted by Gasteiger charge is 2.09. The van der Waals surface area contributed by atoms with Crippen LogP contribution in [-0.4, -0.2) is 33.3 Å². The van der Waals surface area contributed by atoms with E-state index in [0.717, 1.165) is 33.7 Å². The molecule has 0 radical (unpaired) electrons. The van der Waals surface area contributed by atoms with E-state index >= 15 is 0 Å². The van der Waals surface area contributed by atoms with Crippen LogP contribution < -0.4 is 10.6 Å². The van der Waals surface area contributed by atoms with Crippen LogP contribution in [0.15, 0.2) is 72.8 Å². The lowest BCUT2D eigenvalue weighted by Gasteiger charge is -2.07. The average Bonchev–Trinajstić information content (AvgIpc) is 3.20. The normalized spacial score (nSPS) is 10.7. The lowest BCUT2D eigenvalue weighted by Crippen LogP contribution is -2.18. The van der Waals surface area contributed by atoms with Gasteiger partial charge in [-0.25, -0.2) is 4.98 Å². The fourth-order valence-corrected chi connectivity index (χ4v) is 3.72. The van der Waals surface area contributed by atoms with Crippen molar-refractivity contribution < 1.29 is 9.59 Å². The molecular weight excluding hydrogens is 408 g/mol. The highest BCUT2D eigenvalue weighted by Crippen LogP contribution is 2.23. The molecule has 0 fully saturated rings. The molecule has 0 aliphatic heterocycles. The van der Waals surface area contributed by atoms with E-state index in [0.29, 0.717) is 5.69 Å². The number of H-pyrrole nitrogens is 1. The van der Waals surface area contributed by atoms with Crippen LogP contribution in [0.1, 0.15) is 5.56 Å². The van der Waals surface area contributed by atoms with Gasteiger partial charge in [0.1, 0.15) is 5.82 Å². The standard InChI is InChI=1S/C24H22N4O2S/c1-16-9-11-18(12-10-16)25-22(29)14-31-15-23(30)26-19-6-4-5-17(13-19)24-27-20-7-2-3-8-21(20)28-24/h2-13H,14-15H2,1H3,(H,25,29)(H,26,30)(H,27,28). The number of imidazole rings is 1. The van der Waals surface area contributed by atoms with Gasteiger partial charge in [-0.05, 0) is 43.3 Å². The number of hydrogen-bond donors (Lipinski definition) is 3. The Bertz CT molecular complexity index is 1180. The van der Waals surface area contributed by atoms with Gasteiger partial charge in [0.25, 0.3) is 0 Å². The fraction of sp³-hybridized carbons (Fsp3) is 0.125. The molecule has 2 amide bonds. The summed E-state index contributed by atoms with van der Waals surface area (Å²) in [5.74, 6) is 0.860. The first-order valence-electron chi connectivity index (χ1n) is 9.86. The summed E-state index contributed by atoms with van der Waals surface area (Å²) < 4.78 is 0. The lowest BCUT2D eigenvalue weighted by molar-refractivity contribution is -0.114. The Kier molecular flexibility index (Phi) is 6.33. The van der Waals surface area contributed by atoms with Gasteiger partial charge in [0, 0.05) is 16.9 Å². The molecule has 3 aromatic carbocycles. The molecule has 31 heavy (non-hydrogen) atoms. The molecule has 7 heteroatoms. The van der Waals surface area contributed by atoms with E-state index in [9.17, 15) is 9.59 Å². The van der Waals surface area contributed by atoms with Gasteiger partial charge in [-0.15, -0.1) is 11.8 Å². The molecule has 0 unspecified atom stereocenters. The maximum absolute atomic E-state index is 12.3. The molecular formula is C24H22N4O2S. The number of aromatic nitrogens is 2. The van der Waals surface area contributed by atoms with Gasteiger partial charge < -0.3 is 15.6 Å². The van der Waals surface area contributed by atoms with Gasteiger partial charge in [0.2, 0.25) is 11.8 Å². The smallest absolute Gasteiger partial charge is 0.234 e. The summed E-state index contributed by atoms with van der Waals surface area (Å²) in [6.07, 6.45) is 0. The second-order valence-electron chi connectivity index (χ2n) is 7.14. The van der Waals surface area contributed by atoms with Crippen LogP contribution in [0.4, 0.5) is 11.4 Å². The first kappa shape index (κ1) is 20.7. The molecule has 0 atom stereocenters. The van der Waals surface area contributed by atoms with Crippen LogP contribution in [-0.2, 0) is 9.59 Å². The van der Waals surface area contributed by atoms with Crippen LogP contribution in [0.5, 0.6) is 0 Å². The van der Waals surface area contributed by atoms with Crippen molar-refractivity contribution in [3.05, 3.63) is 78.4 Å². The van der Waals surface area contributed by atoms with E-state index in [1.165, 1.54) is 11.8 Å². The molecule has 156 valence electrons. The van der Waals surface area contributed by atoms with Gasteiger partial charge in [-0.3, -0.25) is 9.59 Å². The summed E-state index contributed by atoms with van der Waals surface area (Å²) in [7, 11) is 0. The summed E-state index contributed by atoms with van der Waals surface area (Å²) in [5, 5.41) is 5.71. The third-order valence-electron chi connectivity index (χ3n) is 4.61. The van der Waals surface area contributed by atoms with E-state index < -0.39 is 0 Å². The van der Waals surface area contributed by atoms with Crippen LogP contribution in [0.25, 0.3) is 22.4 Å². The maximum atomic E-state index is 12.3. The van der Waals surface area contributed by atoms with Gasteiger partial charge in [-0.2, -0.15) is 0 Å². The summed E-state index contributed by atoms with van der Waals surface area (Å²) in [4.78, 5) is 32.2. The molecule has 3 N–H and O–H groups in total. The number of hydrogen-bond acceptors (Lipinski definition) is 4. The molecule has 4 aromatic rings. The van der Waals surface area contributed by atoms with Crippen molar-refractivity contribution in [3.8, 4) is 11.4 Å². The summed E-state index contributed by atoms with van der Waals surface area (Å²) in [5.41, 5.74) is 5.32. The number of anilines is 2. The SMILES string of the molecule is Cc1ccc(NC(=O)CSCC(=O)Nc2cccc(-c3nc4ccccc4[nH]3)c2)cc1. The molecule has 0 aliphatic rings. The molecule has 0 saturated carbocycles. The second kappa shape index (κ2) is 9.49. The first-order chi connectivity index (χ1) is 15.1. The summed E-state index contributed by atoms with van der Waals surface area (Å²) in [6.45, 7) is 1.99. The number of carbonyl (C=O) groups excluding carboxylic acids is 2. The van der Waals surface area contributed by atoms with Crippen molar-refractivity contribution >= 4 is 46.0 Å². The Morgan fingerprint density at radius 2 is 1.58 bits per heavy atom. The van der Waals surface area contributed by atoms with Gasteiger partial charge >= 0.3 is 0 Å². The summed E-state index contributed by atoms with van der Waals surface area (Å²) in [6, 6.07) is 23.0. The van der Waals surface area contributed by atoms with E-state index in [2.05, 4.69) is 20.6 Å². The largest absolute Gasteiger partial charge is 0.338 e. The zero-order valence-corrected chi connectivity index (χ0v) is 17.8. The van der Waals surface area contributed by atoms with Crippen molar-refractivity contribution in [3.63, 3.8) is 0 Å². The Balaban J connectivity index is 1.29. The second-order valence-corrected chi connectivity index (χ2v) is 8.12. The quantitative estimate of drug-likeness (QED) is 0.391. The van der Waals surface area contributed by atoms with Crippen molar-refractivity contribution in [1.82, 2.24) is 9.97 Å². The Hall–Kier alpha value is -3.58. The minimum Gasteiger partial charge on any atom is -0.338 e. The average molecular weight is 431 g/mol. The third-order valence-corrected chi connectivity index (χ3v) is 5.54. The number of para-hydroxylation sites is 2. The first-order valence-corrected chi connectivity index (χ1v) is 11.0. The highest BCUT2D eigenvalue weighted by molar-refractivity contribution is 8.00. The number of amides is 2. The Morgan fingerprint density at radius 3 is 2.32 bits per heavy atom. The summed E-state index contributed by atoms with van der Waals surface area (Å²) >= 11 is 1.27. The monoisotopic (exact) mass is 430 g/mol. The lowest BCUT2D eigenvalue weighted by atomic mass is 10.2. The van der Waals surface area contributed by atoms with Gasteiger partial charge in [0.05, 0.1) is 22.5 Å². The van der Waals surface area contributed by atoms with Crippen LogP contribution in [0.3, 0.4) is 0 Å². The minimum absolute atomic E-state index is 0.131. The van der Waals surface area contributed by atoms with E-state index in [4.69, 9.17) is 0 Å². The number of aromatic amines is 1. The fourth-order valence-electron chi connectivity index (χ4n) is 3.10. The number of fused-ring (bicyclic) bond motifs is 1. The van der Waals surface area contributed by atoms with Gasteiger partial charge in [-0.1, -0.05) is 42.0 Å². The number of carbonyl (C=O) groups is 2. The van der Waals surface area contributed by atoms with Crippen molar-refractivity contribution in [1.29, 1.82) is 0 Å². The van der Waals surface area contributed by atoms with E-state index in [1.54, 1.807) is 0 Å². The Labute approximate surface area is 184 Å². The zero-order valence-electron chi connectivity index (χ0n) is 17.0. The van der Waals surface area contributed by atoms with E-state index in [1.807, 2.05) is 79.7 Å². The van der Waals surface area contributed by atoms with Crippen LogP contribution in [0, 0.1) is 6.92 Å². The topological polar surface area (TPSA) is 86.9 Å². The number of rotatable bonds is 7. The maximum Gasteiger partial charge on any atom is 0.234 e. The number of thioether (sulfide) groups is 1. The van der Waals surface area contributed by atoms with Crippen molar-refractivity contribution in [2.75, 3.05) is 22.1 Å². The predicted molar refractivity (Wildman–Crippen MR) is 127 cm³/mol.